The molecule has 2 atom stereocenters. The van der Waals surface area contributed by atoms with Crippen molar-refractivity contribution < 1.29 is 22.7 Å². The van der Waals surface area contributed by atoms with Crippen molar-refractivity contribution in [3.63, 3.8) is 0 Å². The van der Waals surface area contributed by atoms with Crippen LogP contribution in [0.25, 0.3) is 0 Å². The monoisotopic (exact) mass is 257 g/mol. The highest BCUT2D eigenvalue weighted by atomic mass is 35.5. The lowest BCUT2D eigenvalue weighted by molar-refractivity contribution is -0.210. The molecule has 0 heterocycles. The fourth-order valence-electron chi connectivity index (χ4n) is 1.11. The molecular weight excluding hydrogens is 250 g/mol. The van der Waals surface area contributed by atoms with E-state index in [0.29, 0.717) is 0 Å². The van der Waals surface area contributed by atoms with E-state index in [-0.39, 0.29) is 10.6 Å². The summed E-state index contributed by atoms with van der Waals surface area (Å²) in [5.41, 5.74) is 4.99. The molecule has 0 saturated carbocycles. The van der Waals surface area contributed by atoms with Crippen molar-refractivity contribution in [1.29, 1.82) is 0 Å². The van der Waals surface area contributed by atoms with Crippen LogP contribution in [0.3, 0.4) is 0 Å². The number of nitrogens with two attached hydrogens (primary N) is 1. The molecule has 0 aliphatic rings. The standard InChI is InChI=1S/C9H8ClF4NO/c10-5-2-1-4(3-6(5)11)7(15)8(16)9(12,13)14/h1-3,7-8,16H,15H2/t7-,8-/m1/s1. The fourth-order valence-corrected chi connectivity index (χ4v) is 1.22. The Balaban J connectivity index is 2.97. The molecule has 0 amide bonds. The second-order valence-electron chi connectivity index (χ2n) is 3.19. The normalized spacial score (nSPS) is 15.9. The maximum atomic E-state index is 12.9. The Kier molecular flexibility index (Phi) is 3.77. The van der Waals surface area contributed by atoms with Crippen LogP contribution in [0.5, 0.6) is 0 Å². The van der Waals surface area contributed by atoms with Gasteiger partial charge in [-0.05, 0) is 17.7 Å². The molecule has 1 aromatic rings. The van der Waals surface area contributed by atoms with E-state index in [4.69, 9.17) is 22.4 Å². The minimum absolute atomic E-state index is 0.174. The highest BCUT2D eigenvalue weighted by Crippen LogP contribution is 2.29. The summed E-state index contributed by atoms with van der Waals surface area (Å²) in [5.74, 6) is -0.885. The Bertz CT molecular complexity index is 382. The molecule has 0 fully saturated rings. The average Bonchev–Trinajstić information content (AvgIpc) is 2.18. The van der Waals surface area contributed by atoms with Crippen molar-refractivity contribution in [3.8, 4) is 0 Å². The molecule has 2 nitrogen and oxygen atoms in total. The number of halogens is 5. The number of hydrogen-bond donors (Lipinski definition) is 2. The van der Waals surface area contributed by atoms with Crippen molar-refractivity contribution in [1.82, 2.24) is 0 Å². The summed E-state index contributed by atoms with van der Waals surface area (Å²) in [6, 6.07) is 1.23. The summed E-state index contributed by atoms with van der Waals surface area (Å²) < 4.78 is 49.3. The predicted molar refractivity (Wildman–Crippen MR) is 50.4 cm³/mol. The topological polar surface area (TPSA) is 46.2 Å². The van der Waals surface area contributed by atoms with Gasteiger partial charge in [0.1, 0.15) is 5.82 Å². The van der Waals surface area contributed by atoms with Crippen LogP contribution in [-0.4, -0.2) is 17.4 Å². The molecule has 7 heteroatoms. The van der Waals surface area contributed by atoms with E-state index in [1.165, 1.54) is 0 Å². The van der Waals surface area contributed by atoms with Gasteiger partial charge in [-0.15, -0.1) is 0 Å². The lowest BCUT2D eigenvalue weighted by atomic mass is 10.0. The van der Waals surface area contributed by atoms with Crippen molar-refractivity contribution in [2.45, 2.75) is 18.3 Å². The second-order valence-corrected chi connectivity index (χ2v) is 3.59. The first-order valence-corrected chi connectivity index (χ1v) is 4.56. The third-order valence-corrected chi connectivity index (χ3v) is 2.31. The van der Waals surface area contributed by atoms with Gasteiger partial charge in [0.25, 0.3) is 0 Å². The van der Waals surface area contributed by atoms with Crippen LogP contribution in [0.1, 0.15) is 11.6 Å². The van der Waals surface area contributed by atoms with E-state index < -0.39 is 24.1 Å². The van der Waals surface area contributed by atoms with Crippen LogP contribution < -0.4 is 5.73 Å². The Morgan fingerprint density at radius 3 is 2.31 bits per heavy atom. The second kappa shape index (κ2) is 4.57. The third-order valence-electron chi connectivity index (χ3n) is 2.00. The van der Waals surface area contributed by atoms with E-state index >= 15 is 0 Å². The van der Waals surface area contributed by atoms with E-state index in [0.717, 1.165) is 18.2 Å². The van der Waals surface area contributed by atoms with E-state index in [1.807, 2.05) is 0 Å². The van der Waals surface area contributed by atoms with E-state index in [1.54, 1.807) is 0 Å². The van der Waals surface area contributed by atoms with Gasteiger partial charge in [-0.3, -0.25) is 0 Å². The number of rotatable bonds is 2. The van der Waals surface area contributed by atoms with Gasteiger partial charge < -0.3 is 10.8 Å². The zero-order chi connectivity index (χ0) is 12.5. The highest BCUT2D eigenvalue weighted by Gasteiger charge is 2.42. The first kappa shape index (κ1) is 13.2. The summed E-state index contributed by atoms with van der Waals surface area (Å²) in [6.45, 7) is 0. The first-order chi connectivity index (χ1) is 7.23. The number of aliphatic hydroxyl groups excluding tert-OH is 1. The van der Waals surface area contributed by atoms with Crippen LogP contribution in [-0.2, 0) is 0 Å². The SMILES string of the molecule is N[C@H](c1ccc(Cl)c(F)c1)[C@@H](O)C(F)(F)F. The molecule has 0 bridgehead atoms. The molecule has 1 rings (SSSR count). The lowest BCUT2D eigenvalue weighted by Crippen LogP contribution is -2.38. The van der Waals surface area contributed by atoms with Gasteiger partial charge in [-0.1, -0.05) is 17.7 Å². The molecule has 0 unspecified atom stereocenters. The van der Waals surface area contributed by atoms with Gasteiger partial charge in [0, 0.05) is 0 Å². The average molecular weight is 258 g/mol. The van der Waals surface area contributed by atoms with E-state index in [2.05, 4.69) is 0 Å². The summed E-state index contributed by atoms with van der Waals surface area (Å²) in [6.07, 6.45) is -7.59. The first-order valence-electron chi connectivity index (χ1n) is 4.19. The van der Waals surface area contributed by atoms with Crippen LogP contribution in [0.4, 0.5) is 17.6 Å². The van der Waals surface area contributed by atoms with Gasteiger partial charge in [-0.25, -0.2) is 4.39 Å². The highest BCUT2D eigenvalue weighted by molar-refractivity contribution is 6.30. The summed E-state index contributed by atoms with van der Waals surface area (Å²) in [5, 5.41) is 8.64. The minimum Gasteiger partial charge on any atom is -0.382 e. The van der Waals surface area contributed by atoms with Crippen LogP contribution in [0.2, 0.25) is 5.02 Å². The van der Waals surface area contributed by atoms with Crippen molar-refractivity contribution in [2.24, 2.45) is 5.73 Å². The maximum absolute atomic E-state index is 12.9. The molecule has 0 aromatic heterocycles. The largest absolute Gasteiger partial charge is 0.416 e. The Morgan fingerprint density at radius 2 is 1.88 bits per heavy atom. The summed E-state index contributed by atoms with van der Waals surface area (Å²) >= 11 is 5.35. The van der Waals surface area contributed by atoms with Gasteiger partial charge in [0.15, 0.2) is 6.10 Å². The zero-order valence-corrected chi connectivity index (χ0v) is 8.56. The van der Waals surface area contributed by atoms with Gasteiger partial charge >= 0.3 is 6.18 Å². The fraction of sp³-hybridized carbons (Fsp3) is 0.333. The summed E-state index contributed by atoms with van der Waals surface area (Å²) in [4.78, 5) is 0. The molecule has 3 N–H and O–H groups in total. The molecule has 0 saturated heterocycles. The molecule has 0 spiro atoms. The van der Waals surface area contributed by atoms with Gasteiger partial charge in [0.05, 0.1) is 11.1 Å². The van der Waals surface area contributed by atoms with E-state index in [9.17, 15) is 17.6 Å². The van der Waals surface area contributed by atoms with Crippen LogP contribution in [0, 0.1) is 5.82 Å². The third kappa shape index (κ3) is 2.84. The van der Waals surface area contributed by atoms with Gasteiger partial charge in [0.2, 0.25) is 0 Å². The molecule has 90 valence electrons. The smallest absolute Gasteiger partial charge is 0.382 e. The Labute approximate surface area is 93.6 Å². The zero-order valence-electron chi connectivity index (χ0n) is 7.80. The maximum Gasteiger partial charge on any atom is 0.416 e. The molecular formula is C9H8ClF4NO. The molecule has 1 aromatic carbocycles. The minimum atomic E-state index is -4.85. The number of benzene rings is 1. The van der Waals surface area contributed by atoms with Crippen LogP contribution in [0.15, 0.2) is 18.2 Å². The number of hydrogen-bond acceptors (Lipinski definition) is 2. The van der Waals surface area contributed by atoms with Gasteiger partial charge in [-0.2, -0.15) is 13.2 Å². The number of alkyl halides is 3. The lowest BCUT2D eigenvalue weighted by Gasteiger charge is -2.21. The summed E-state index contributed by atoms with van der Waals surface area (Å²) in [7, 11) is 0. The van der Waals surface area contributed by atoms with Crippen LogP contribution >= 0.6 is 11.6 Å². The number of aliphatic hydroxyl groups is 1. The molecule has 0 aliphatic carbocycles. The Morgan fingerprint density at radius 1 is 1.31 bits per heavy atom. The quantitative estimate of drug-likeness (QED) is 0.799. The van der Waals surface area contributed by atoms with Crippen molar-refractivity contribution >= 4 is 11.6 Å². The van der Waals surface area contributed by atoms with Crippen molar-refractivity contribution in [3.05, 3.63) is 34.6 Å². The molecule has 0 aliphatic heterocycles. The Hall–Kier alpha value is -0.850. The molecule has 16 heavy (non-hydrogen) atoms. The predicted octanol–water partition coefficient (Wildman–Crippen LogP) is 2.40. The van der Waals surface area contributed by atoms with Crippen molar-refractivity contribution in [2.75, 3.05) is 0 Å². The molecule has 0 radical (unpaired) electrons.